The highest BCUT2D eigenvalue weighted by atomic mass is 16.6. The topological polar surface area (TPSA) is 64.6 Å². The van der Waals surface area contributed by atoms with Gasteiger partial charge < -0.3 is 9.47 Å². The summed E-state index contributed by atoms with van der Waals surface area (Å²) in [5, 5.41) is 2.75. The highest BCUT2D eigenvalue weighted by Crippen LogP contribution is 2.21. The van der Waals surface area contributed by atoms with Crippen LogP contribution in [0.2, 0.25) is 0 Å². The molecule has 1 aromatic carbocycles. The molecule has 0 spiro atoms. The summed E-state index contributed by atoms with van der Waals surface area (Å²) in [6.45, 7) is 7.52. The van der Waals surface area contributed by atoms with Crippen LogP contribution in [0.1, 0.15) is 63.7 Å². The largest absolute Gasteiger partial charge is 0.444 e. The summed E-state index contributed by atoms with van der Waals surface area (Å²) < 4.78 is 10.8. The van der Waals surface area contributed by atoms with Crippen LogP contribution in [-0.4, -0.2) is 30.8 Å². The van der Waals surface area contributed by atoms with E-state index < -0.39 is 17.9 Å². The van der Waals surface area contributed by atoms with Gasteiger partial charge in [-0.1, -0.05) is 50.1 Å². The number of carbonyl (C=O) groups is 2. The Morgan fingerprint density at radius 2 is 1.80 bits per heavy atom. The predicted molar refractivity (Wildman–Crippen MR) is 98.6 cm³/mol. The molecule has 140 valence electrons. The first-order valence-corrected chi connectivity index (χ1v) is 8.87. The lowest BCUT2D eigenvalue weighted by Gasteiger charge is -2.28. The number of rotatable bonds is 9. The number of amides is 1. The first kappa shape index (κ1) is 21.2. The normalized spacial score (nSPS) is 13.8. The lowest BCUT2D eigenvalue weighted by molar-refractivity contribution is -0.00193. The molecule has 1 aromatic rings. The standard InChI is InChI=1S/C20H31NO4/c1-6-7-11-16(14-17(22)15-12-9-8-10-13-15)18(24-5)21-19(23)25-20(2,3)4/h8-10,12-13,16,18H,6-7,11,14H2,1-5H3,(H,21,23)/t16-,18+/m1/s1. The van der Waals surface area contributed by atoms with Gasteiger partial charge in [-0.15, -0.1) is 0 Å². The molecule has 5 nitrogen and oxygen atoms in total. The average molecular weight is 349 g/mol. The van der Waals surface area contributed by atoms with E-state index in [1.807, 2.05) is 51.1 Å². The van der Waals surface area contributed by atoms with Gasteiger partial charge >= 0.3 is 6.09 Å². The molecule has 0 saturated heterocycles. The molecule has 1 amide bonds. The van der Waals surface area contributed by atoms with Crippen LogP contribution < -0.4 is 5.32 Å². The molecule has 2 atom stereocenters. The van der Waals surface area contributed by atoms with Crippen LogP contribution in [0.4, 0.5) is 4.79 Å². The van der Waals surface area contributed by atoms with Gasteiger partial charge in [0.1, 0.15) is 11.8 Å². The Labute approximate surface area is 151 Å². The zero-order chi connectivity index (χ0) is 18.9. The van der Waals surface area contributed by atoms with E-state index in [4.69, 9.17) is 9.47 Å². The van der Waals surface area contributed by atoms with Gasteiger partial charge in [-0.2, -0.15) is 0 Å². The number of benzene rings is 1. The number of ether oxygens (including phenoxy) is 2. The first-order chi connectivity index (χ1) is 11.8. The van der Waals surface area contributed by atoms with Crippen LogP contribution >= 0.6 is 0 Å². The monoisotopic (exact) mass is 349 g/mol. The number of hydrogen-bond donors (Lipinski definition) is 1. The average Bonchev–Trinajstić information content (AvgIpc) is 2.55. The van der Waals surface area contributed by atoms with E-state index in [1.54, 1.807) is 0 Å². The van der Waals surface area contributed by atoms with Gasteiger partial charge in [0.2, 0.25) is 0 Å². The van der Waals surface area contributed by atoms with Crippen molar-refractivity contribution in [2.75, 3.05) is 7.11 Å². The summed E-state index contributed by atoms with van der Waals surface area (Å²) in [6, 6.07) is 9.19. The number of unbranched alkanes of at least 4 members (excludes halogenated alkanes) is 1. The minimum atomic E-state index is -0.582. The number of Topliss-reactive ketones (excluding diaryl/α,β-unsaturated/α-hetero) is 1. The molecule has 0 aromatic heterocycles. The minimum absolute atomic E-state index is 0.0507. The van der Waals surface area contributed by atoms with E-state index in [0.717, 1.165) is 19.3 Å². The van der Waals surface area contributed by atoms with E-state index in [0.29, 0.717) is 12.0 Å². The third-order valence-electron chi connectivity index (χ3n) is 3.81. The third kappa shape index (κ3) is 8.16. The number of alkyl carbamates (subject to hydrolysis) is 1. The molecule has 1 rings (SSSR count). The van der Waals surface area contributed by atoms with Crippen molar-refractivity contribution in [2.45, 2.75) is 65.2 Å². The van der Waals surface area contributed by atoms with Crippen molar-refractivity contribution in [1.29, 1.82) is 0 Å². The minimum Gasteiger partial charge on any atom is -0.444 e. The maximum Gasteiger partial charge on any atom is 0.409 e. The predicted octanol–water partition coefficient (Wildman–Crippen LogP) is 4.56. The molecule has 0 bridgehead atoms. The Balaban J connectivity index is 2.79. The lowest BCUT2D eigenvalue weighted by atomic mass is 9.92. The molecule has 0 unspecified atom stereocenters. The fourth-order valence-corrected chi connectivity index (χ4v) is 2.60. The van der Waals surface area contributed by atoms with Crippen LogP contribution in [0.5, 0.6) is 0 Å². The molecule has 0 aliphatic rings. The van der Waals surface area contributed by atoms with Crippen molar-refractivity contribution in [1.82, 2.24) is 5.32 Å². The molecular formula is C20H31NO4. The van der Waals surface area contributed by atoms with Gasteiger partial charge in [-0.25, -0.2) is 4.79 Å². The second-order valence-corrected chi connectivity index (χ2v) is 7.20. The Bertz CT molecular complexity index is 536. The van der Waals surface area contributed by atoms with Crippen molar-refractivity contribution in [3.05, 3.63) is 35.9 Å². The number of methoxy groups -OCH3 is 1. The fraction of sp³-hybridized carbons (Fsp3) is 0.600. The van der Waals surface area contributed by atoms with Gasteiger partial charge in [-0.3, -0.25) is 10.1 Å². The number of carbonyl (C=O) groups excluding carboxylic acids is 2. The van der Waals surface area contributed by atoms with E-state index >= 15 is 0 Å². The summed E-state index contributed by atoms with van der Waals surface area (Å²) >= 11 is 0. The maximum atomic E-state index is 12.6. The van der Waals surface area contributed by atoms with Gasteiger partial charge in [0.05, 0.1) is 0 Å². The maximum absolute atomic E-state index is 12.6. The second kappa shape index (κ2) is 10.2. The highest BCUT2D eigenvalue weighted by Gasteiger charge is 2.27. The van der Waals surface area contributed by atoms with Gasteiger partial charge in [0.25, 0.3) is 0 Å². The van der Waals surface area contributed by atoms with E-state index in [1.165, 1.54) is 7.11 Å². The molecule has 0 radical (unpaired) electrons. The fourth-order valence-electron chi connectivity index (χ4n) is 2.60. The van der Waals surface area contributed by atoms with Crippen LogP contribution in [-0.2, 0) is 9.47 Å². The summed E-state index contributed by atoms with van der Waals surface area (Å²) in [6.07, 6.45) is 1.99. The van der Waals surface area contributed by atoms with Crippen molar-refractivity contribution < 1.29 is 19.1 Å². The SMILES string of the molecule is CCCC[C@H](CC(=O)c1ccccc1)[C@@H](NC(=O)OC(C)(C)C)OC. The van der Waals surface area contributed by atoms with Gasteiger partial charge in [0, 0.05) is 25.0 Å². The number of ketones is 1. The molecule has 1 N–H and O–H groups in total. The molecule has 5 heteroatoms. The number of nitrogens with one attached hydrogen (secondary N) is 1. The molecule has 25 heavy (non-hydrogen) atoms. The summed E-state index contributed by atoms with van der Waals surface area (Å²) in [7, 11) is 1.54. The quantitative estimate of drug-likeness (QED) is 0.524. The van der Waals surface area contributed by atoms with Crippen molar-refractivity contribution in [3.8, 4) is 0 Å². The van der Waals surface area contributed by atoms with E-state index in [9.17, 15) is 9.59 Å². The van der Waals surface area contributed by atoms with Crippen molar-refractivity contribution in [3.63, 3.8) is 0 Å². The Morgan fingerprint density at radius 1 is 1.16 bits per heavy atom. The van der Waals surface area contributed by atoms with Crippen LogP contribution in [0.3, 0.4) is 0 Å². The van der Waals surface area contributed by atoms with Crippen LogP contribution in [0.15, 0.2) is 30.3 Å². The zero-order valence-corrected chi connectivity index (χ0v) is 16.0. The summed E-state index contributed by atoms with van der Waals surface area (Å²) in [5.41, 5.74) is 0.0948. The van der Waals surface area contributed by atoms with Crippen LogP contribution in [0, 0.1) is 5.92 Å². The first-order valence-electron chi connectivity index (χ1n) is 8.87. The molecule has 0 aliphatic heterocycles. The molecular weight excluding hydrogens is 318 g/mol. The zero-order valence-electron chi connectivity index (χ0n) is 16.0. The van der Waals surface area contributed by atoms with Crippen molar-refractivity contribution >= 4 is 11.9 Å². The molecule has 0 heterocycles. The molecule has 0 fully saturated rings. The molecule has 0 aliphatic carbocycles. The Morgan fingerprint density at radius 3 is 2.32 bits per heavy atom. The Hall–Kier alpha value is -1.88. The van der Waals surface area contributed by atoms with Gasteiger partial charge in [0.15, 0.2) is 5.78 Å². The van der Waals surface area contributed by atoms with Crippen LogP contribution in [0.25, 0.3) is 0 Å². The second-order valence-electron chi connectivity index (χ2n) is 7.20. The number of hydrogen-bond acceptors (Lipinski definition) is 4. The van der Waals surface area contributed by atoms with E-state index in [-0.39, 0.29) is 11.7 Å². The third-order valence-corrected chi connectivity index (χ3v) is 3.81. The van der Waals surface area contributed by atoms with E-state index in [2.05, 4.69) is 12.2 Å². The summed E-state index contributed by atoms with van der Waals surface area (Å²) in [5.74, 6) is -0.0556. The van der Waals surface area contributed by atoms with Crippen molar-refractivity contribution in [2.24, 2.45) is 5.92 Å². The highest BCUT2D eigenvalue weighted by molar-refractivity contribution is 5.96. The smallest absolute Gasteiger partial charge is 0.409 e. The Kier molecular flexibility index (Phi) is 8.62. The lowest BCUT2D eigenvalue weighted by Crippen LogP contribution is -2.44. The van der Waals surface area contributed by atoms with Gasteiger partial charge in [-0.05, 0) is 27.2 Å². The molecule has 0 saturated carbocycles. The summed E-state index contributed by atoms with van der Waals surface area (Å²) in [4.78, 5) is 24.6.